The molecule has 0 aromatic rings. The van der Waals surface area contributed by atoms with Gasteiger partial charge >= 0.3 is 0 Å². The van der Waals surface area contributed by atoms with Gasteiger partial charge in [0.2, 0.25) is 0 Å². The van der Waals surface area contributed by atoms with Crippen LogP contribution >= 0.6 is 0 Å². The maximum absolute atomic E-state index is 8.35. The largest absolute Gasteiger partial charge is 0.277 e. The summed E-state index contributed by atoms with van der Waals surface area (Å²) in [6, 6.07) is 2.42. The second-order valence-electron chi connectivity index (χ2n) is 2.36. The minimum Gasteiger partial charge on any atom is -0.277 e. The highest BCUT2D eigenvalue weighted by Gasteiger charge is 2.05. The molecule has 0 aromatic carbocycles. The van der Waals surface area contributed by atoms with Gasteiger partial charge in [-0.1, -0.05) is 5.92 Å². The van der Waals surface area contributed by atoms with Gasteiger partial charge in [0.15, 0.2) is 0 Å². The van der Waals surface area contributed by atoms with Gasteiger partial charge in [0, 0.05) is 6.04 Å². The fourth-order valence-corrected chi connectivity index (χ4v) is 0.629. The lowest BCUT2D eigenvalue weighted by Gasteiger charge is -2.19. The molecule has 10 heavy (non-hydrogen) atoms. The van der Waals surface area contributed by atoms with Gasteiger partial charge in [-0.05, 0) is 13.8 Å². The lowest BCUT2D eigenvalue weighted by Crippen LogP contribution is -2.31. The van der Waals surface area contributed by atoms with Crippen LogP contribution in [0.15, 0.2) is 0 Å². The van der Waals surface area contributed by atoms with E-state index in [2.05, 4.69) is 12.0 Å². The van der Waals surface area contributed by atoms with Crippen molar-refractivity contribution in [2.45, 2.75) is 19.9 Å². The first kappa shape index (κ1) is 9.01. The molecule has 0 bridgehead atoms. The van der Waals surface area contributed by atoms with E-state index in [1.165, 1.54) is 0 Å². The number of nitrogens with zero attached hydrogens (tertiary/aromatic N) is 2. The van der Waals surface area contributed by atoms with Gasteiger partial charge in [0.25, 0.3) is 0 Å². The molecule has 0 aromatic heterocycles. The highest BCUT2D eigenvalue weighted by atomic mass is 15.1. The van der Waals surface area contributed by atoms with Gasteiger partial charge in [0.1, 0.15) is 0 Å². The second kappa shape index (κ2) is 4.85. The van der Waals surface area contributed by atoms with E-state index in [4.69, 9.17) is 11.7 Å². The minimum absolute atomic E-state index is 0.357. The molecule has 2 heteroatoms. The van der Waals surface area contributed by atoms with Crippen LogP contribution in [0.2, 0.25) is 0 Å². The van der Waals surface area contributed by atoms with Crippen molar-refractivity contribution in [1.29, 1.82) is 5.26 Å². The summed E-state index contributed by atoms with van der Waals surface area (Å²) in [6.45, 7) is 5.02. The van der Waals surface area contributed by atoms with E-state index in [1.54, 1.807) is 0 Å². The Kier molecular flexibility index (Phi) is 4.37. The molecule has 0 rings (SSSR count). The number of hydrogen-bond donors (Lipinski definition) is 0. The van der Waals surface area contributed by atoms with Crippen LogP contribution in [0.3, 0.4) is 0 Å². The molecule has 0 fully saturated rings. The van der Waals surface area contributed by atoms with Gasteiger partial charge in [-0.15, -0.1) is 6.42 Å². The molecule has 0 spiro atoms. The Labute approximate surface area is 62.4 Å². The number of nitriles is 1. The molecule has 0 heterocycles. The highest BCUT2D eigenvalue weighted by Crippen LogP contribution is 1.94. The van der Waals surface area contributed by atoms with E-state index in [0.29, 0.717) is 19.1 Å². The summed E-state index contributed by atoms with van der Waals surface area (Å²) in [6.07, 6.45) is 5.10. The molecule has 0 saturated carbocycles. The molecule has 0 unspecified atom stereocenters. The average Bonchev–Trinajstić information content (AvgIpc) is 1.87. The molecule has 0 atom stereocenters. The minimum atomic E-state index is 0.357. The molecule has 0 saturated heterocycles. The molecule has 0 N–H and O–H groups in total. The SMILES string of the molecule is C#CCN(CC#N)C(C)C. The van der Waals surface area contributed by atoms with Crippen molar-refractivity contribution in [2.75, 3.05) is 13.1 Å². The van der Waals surface area contributed by atoms with E-state index in [1.807, 2.05) is 18.7 Å². The summed E-state index contributed by atoms with van der Waals surface area (Å²) in [5.74, 6) is 2.51. The fourth-order valence-electron chi connectivity index (χ4n) is 0.629. The lowest BCUT2D eigenvalue weighted by molar-refractivity contribution is 0.280. The Hall–Kier alpha value is -0.990. The first-order chi connectivity index (χ1) is 4.72. The third kappa shape index (κ3) is 3.12. The molecule has 2 nitrogen and oxygen atoms in total. The maximum atomic E-state index is 8.35. The van der Waals surface area contributed by atoms with E-state index < -0.39 is 0 Å². The quantitative estimate of drug-likeness (QED) is 0.425. The van der Waals surface area contributed by atoms with Crippen LogP contribution in [0.25, 0.3) is 0 Å². The van der Waals surface area contributed by atoms with E-state index >= 15 is 0 Å². The summed E-state index contributed by atoms with van der Waals surface area (Å²) in [7, 11) is 0. The third-order valence-electron chi connectivity index (χ3n) is 1.30. The smallest absolute Gasteiger partial charge is 0.0875 e. The predicted molar refractivity (Wildman–Crippen MR) is 41.2 cm³/mol. The first-order valence-corrected chi connectivity index (χ1v) is 3.26. The maximum Gasteiger partial charge on any atom is 0.0875 e. The average molecular weight is 136 g/mol. The second-order valence-corrected chi connectivity index (χ2v) is 2.36. The molecule has 0 aliphatic rings. The van der Waals surface area contributed by atoms with Gasteiger partial charge in [-0.25, -0.2) is 0 Å². The topological polar surface area (TPSA) is 27.0 Å². The van der Waals surface area contributed by atoms with E-state index in [9.17, 15) is 0 Å². The van der Waals surface area contributed by atoms with Crippen molar-refractivity contribution >= 4 is 0 Å². The van der Waals surface area contributed by atoms with Gasteiger partial charge < -0.3 is 0 Å². The summed E-state index contributed by atoms with van der Waals surface area (Å²) >= 11 is 0. The van der Waals surface area contributed by atoms with Crippen LogP contribution in [0.1, 0.15) is 13.8 Å². The first-order valence-electron chi connectivity index (χ1n) is 3.26. The predicted octanol–water partition coefficient (Wildman–Crippen LogP) is 0.854. The van der Waals surface area contributed by atoms with Crippen molar-refractivity contribution in [1.82, 2.24) is 4.90 Å². The molecule has 0 aliphatic heterocycles. The van der Waals surface area contributed by atoms with E-state index in [0.717, 1.165) is 0 Å². The monoisotopic (exact) mass is 136 g/mol. The number of terminal acetylenes is 1. The molecule has 0 amide bonds. The normalized spacial score (nSPS) is 9.40. The Morgan fingerprint density at radius 2 is 2.10 bits per heavy atom. The van der Waals surface area contributed by atoms with Crippen LogP contribution in [0.5, 0.6) is 0 Å². The third-order valence-corrected chi connectivity index (χ3v) is 1.30. The molecular formula is C8H12N2. The summed E-state index contributed by atoms with van der Waals surface area (Å²) in [5, 5.41) is 8.35. The molecule has 0 radical (unpaired) electrons. The van der Waals surface area contributed by atoms with Crippen LogP contribution in [-0.4, -0.2) is 24.0 Å². The van der Waals surface area contributed by atoms with Crippen molar-refractivity contribution in [3.8, 4) is 18.4 Å². The van der Waals surface area contributed by atoms with Crippen LogP contribution in [0.4, 0.5) is 0 Å². The van der Waals surface area contributed by atoms with Crippen molar-refractivity contribution < 1.29 is 0 Å². The molecular weight excluding hydrogens is 124 g/mol. The lowest BCUT2D eigenvalue weighted by atomic mass is 10.3. The van der Waals surface area contributed by atoms with Crippen molar-refractivity contribution in [3.05, 3.63) is 0 Å². The van der Waals surface area contributed by atoms with Gasteiger partial charge in [-0.3, -0.25) is 4.90 Å². The number of hydrogen-bond acceptors (Lipinski definition) is 2. The summed E-state index contributed by atoms with van der Waals surface area (Å²) in [4.78, 5) is 1.93. The van der Waals surface area contributed by atoms with Crippen LogP contribution in [0, 0.1) is 23.7 Å². The Morgan fingerprint density at radius 1 is 1.50 bits per heavy atom. The standard InChI is InChI=1S/C8H12N2/c1-4-6-10(7-5-9)8(2)3/h1,8H,6-7H2,2-3H3. The number of rotatable bonds is 3. The van der Waals surface area contributed by atoms with Crippen molar-refractivity contribution in [2.24, 2.45) is 0 Å². The van der Waals surface area contributed by atoms with Gasteiger partial charge in [-0.2, -0.15) is 5.26 Å². The van der Waals surface area contributed by atoms with Crippen LogP contribution in [-0.2, 0) is 0 Å². The summed E-state index contributed by atoms with van der Waals surface area (Å²) < 4.78 is 0. The highest BCUT2D eigenvalue weighted by molar-refractivity contribution is 4.91. The Balaban J connectivity index is 3.78. The Morgan fingerprint density at radius 3 is 2.40 bits per heavy atom. The molecule has 0 aliphatic carbocycles. The fraction of sp³-hybridized carbons (Fsp3) is 0.625. The van der Waals surface area contributed by atoms with Crippen molar-refractivity contribution in [3.63, 3.8) is 0 Å². The zero-order valence-electron chi connectivity index (χ0n) is 6.46. The summed E-state index contributed by atoms with van der Waals surface area (Å²) in [5.41, 5.74) is 0. The zero-order chi connectivity index (χ0) is 7.98. The van der Waals surface area contributed by atoms with Crippen LogP contribution < -0.4 is 0 Å². The zero-order valence-corrected chi connectivity index (χ0v) is 6.46. The van der Waals surface area contributed by atoms with Gasteiger partial charge in [0.05, 0.1) is 19.2 Å². The van der Waals surface area contributed by atoms with E-state index in [-0.39, 0.29) is 0 Å². The molecule has 54 valence electrons. The Bertz CT molecular complexity index is 143.